The molecular weight excluding hydrogens is 367 g/mol. The van der Waals surface area contributed by atoms with Crippen LogP contribution < -0.4 is 10.6 Å². The van der Waals surface area contributed by atoms with E-state index in [1.54, 1.807) is 31.2 Å². The predicted octanol–water partition coefficient (Wildman–Crippen LogP) is 5.07. The van der Waals surface area contributed by atoms with Gasteiger partial charge in [-0.3, -0.25) is 9.59 Å². The molecule has 0 aromatic heterocycles. The van der Waals surface area contributed by atoms with Crippen LogP contribution in [0.25, 0.3) is 0 Å². The van der Waals surface area contributed by atoms with Crippen molar-refractivity contribution in [2.75, 3.05) is 10.6 Å². The van der Waals surface area contributed by atoms with Gasteiger partial charge >= 0.3 is 0 Å². The number of carbonyl (C=O) groups excluding carboxylic acids is 2. The van der Waals surface area contributed by atoms with Gasteiger partial charge in [-0.1, -0.05) is 29.3 Å². The molecule has 0 radical (unpaired) electrons. The Morgan fingerprint density at radius 3 is 2.54 bits per heavy atom. The molecule has 2 aromatic carbocycles. The van der Waals surface area contributed by atoms with Gasteiger partial charge in [-0.05, 0) is 43.3 Å². The Kier molecular flexibility index (Phi) is 6.54. The zero-order valence-electron chi connectivity index (χ0n) is 13.1. The van der Waals surface area contributed by atoms with E-state index in [9.17, 15) is 9.59 Å². The summed E-state index contributed by atoms with van der Waals surface area (Å²) in [5, 5.41) is 6.06. The average Bonchev–Trinajstić information content (AvgIpc) is 2.50. The Morgan fingerprint density at radius 1 is 1.08 bits per heavy atom. The summed E-state index contributed by atoms with van der Waals surface area (Å²) >= 11 is 13.4. The van der Waals surface area contributed by atoms with Crippen molar-refractivity contribution in [1.29, 1.82) is 0 Å². The third kappa shape index (κ3) is 5.44. The molecule has 2 rings (SSSR count). The summed E-state index contributed by atoms with van der Waals surface area (Å²) in [6.07, 6.45) is 0. The number of rotatable bonds is 5. The van der Waals surface area contributed by atoms with E-state index in [1.807, 2.05) is 18.2 Å². The van der Waals surface area contributed by atoms with Gasteiger partial charge in [0.25, 0.3) is 0 Å². The maximum absolute atomic E-state index is 12.3. The molecule has 1 atom stereocenters. The van der Waals surface area contributed by atoms with E-state index < -0.39 is 0 Å². The van der Waals surface area contributed by atoms with Crippen molar-refractivity contribution in [3.05, 3.63) is 52.5 Å². The zero-order valence-corrected chi connectivity index (χ0v) is 15.4. The smallest absolute Gasteiger partial charge is 0.237 e. The summed E-state index contributed by atoms with van der Waals surface area (Å²) < 4.78 is 0. The molecule has 0 aliphatic heterocycles. The lowest BCUT2D eigenvalue weighted by atomic mass is 10.3. The van der Waals surface area contributed by atoms with E-state index in [0.29, 0.717) is 21.4 Å². The molecule has 0 spiro atoms. The first kappa shape index (κ1) is 18.6. The molecule has 126 valence electrons. The summed E-state index contributed by atoms with van der Waals surface area (Å²) in [7, 11) is 0. The van der Waals surface area contributed by atoms with Crippen LogP contribution in [-0.2, 0) is 9.59 Å². The Hall–Kier alpha value is -1.69. The lowest BCUT2D eigenvalue weighted by Gasteiger charge is -2.14. The highest BCUT2D eigenvalue weighted by molar-refractivity contribution is 8.00. The lowest BCUT2D eigenvalue weighted by Crippen LogP contribution is -2.22. The van der Waals surface area contributed by atoms with Crippen molar-refractivity contribution in [3.8, 4) is 0 Å². The number of benzene rings is 2. The molecule has 24 heavy (non-hydrogen) atoms. The minimum absolute atomic E-state index is 0.140. The maximum atomic E-state index is 12.3. The predicted molar refractivity (Wildman–Crippen MR) is 101 cm³/mol. The van der Waals surface area contributed by atoms with Gasteiger partial charge in [0.05, 0.1) is 16.0 Å². The maximum Gasteiger partial charge on any atom is 0.237 e. The Labute approximate surface area is 154 Å². The van der Waals surface area contributed by atoms with Crippen molar-refractivity contribution >= 4 is 58.2 Å². The second-order valence-corrected chi connectivity index (χ2v) is 7.34. The first-order valence-electron chi connectivity index (χ1n) is 7.15. The molecule has 7 heteroatoms. The first-order valence-corrected chi connectivity index (χ1v) is 8.79. The summed E-state index contributed by atoms with van der Waals surface area (Å²) in [4.78, 5) is 24.3. The fraction of sp³-hybridized carbons (Fsp3) is 0.176. The van der Waals surface area contributed by atoms with Crippen molar-refractivity contribution < 1.29 is 9.59 Å². The van der Waals surface area contributed by atoms with Crippen molar-refractivity contribution in [3.63, 3.8) is 0 Å². The molecule has 0 saturated carbocycles. The van der Waals surface area contributed by atoms with E-state index in [0.717, 1.165) is 4.90 Å². The van der Waals surface area contributed by atoms with E-state index in [2.05, 4.69) is 10.6 Å². The first-order chi connectivity index (χ1) is 11.3. The molecule has 0 aliphatic rings. The molecule has 2 N–H and O–H groups in total. The van der Waals surface area contributed by atoms with Gasteiger partial charge in [0.1, 0.15) is 0 Å². The van der Waals surface area contributed by atoms with Crippen molar-refractivity contribution in [1.82, 2.24) is 0 Å². The highest BCUT2D eigenvalue weighted by atomic mass is 35.5. The average molecular weight is 383 g/mol. The number of carbonyl (C=O) groups is 2. The summed E-state index contributed by atoms with van der Waals surface area (Å²) in [6.45, 7) is 3.24. The number of thioether (sulfide) groups is 1. The number of nitrogens with one attached hydrogen (secondary N) is 2. The summed E-state index contributed by atoms with van der Waals surface area (Å²) in [5.41, 5.74) is 1.17. The molecule has 2 amide bonds. The van der Waals surface area contributed by atoms with Crippen LogP contribution in [0.15, 0.2) is 47.4 Å². The molecule has 4 nitrogen and oxygen atoms in total. The minimum Gasteiger partial charge on any atom is -0.326 e. The van der Waals surface area contributed by atoms with E-state index >= 15 is 0 Å². The fourth-order valence-electron chi connectivity index (χ4n) is 1.94. The third-order valence-electron chi connectivity index (χ3n) is 3.02. The highest BCUT2D eigenvalue weighted by Crippen LogP contribution is 2.29. The quantitative estimate of drug-likeness (QED) is 0.709. The van der Waals surface area contributed by atoms with Gasteiger partial charge < -0.3 is 10.6 Å². The molecule has 0 heterocycles. The number of hydrogen-bond acceptors (Lipinski definition) is 3. The number of hydrogen-bond donors (Lipinski definition) is 2. The van der Waals surface area contributed by atoms with Gasteiger partial charge in [0, 0.05) is 22.5 Å². The van der Waals surface area contributed by atoms with Gasteiger partial charge in [0.2, 0.25) is 11.8 Å². The standard InChI is InChI=1S/C17H16Cl2N2O2S/c1-10(17(23)21-16-8-12(18)6-7-15(16)19)24-14-5-3-4-13(9-14)20-11(2)22/h3-10H,1-2H3,(H,20,22)(H,21,23). The fourth-order valence-corrected chi connectivity index (χ4v) is 3.20. The molecule has 0 saturated heterocycles. The van der Waals surface area contributed by atoms with Crippen LogP contribution >= 0.6 is 35.0 Å². The second-order valence-electron chi connectivity index (χ2n) is 5.08. The van der Waals surface area contributed by atoms with Crippen LogP contribution in [0.5, 0.6) is 0 Å². The normalized spacial score (nSPS) is 11.7. The third-order valence-corrected chi connectivity index (χ3v) is 4.68. The van der Waals surface area contributed by atoms with Gasteiger partial charge in [-0.2, -0.15) is 0 Å². The highest BCUT2D eigenvalue weighted by Gasteiger charge is 2.16. The van der Waals surface area contributed by atoms with Crippen molar-refractivity contribution in [2.45, 2.75) is 24.0 Å². The Balaban J connectivity index is 2.03. The summed E-state index contributed by atoms with van der Waals surface area (Å²) in [6, 6.07) is 12.2. The van der Waals surface area contributed by atoms with Crippen LogP contribution in [0.3, 0.4) is 0 Å². The van der Waals surface area contributed by atoms with Gasteiger partial charge in [0.15, 0.2) is 0 Å². The van der Waals surface area contributed by atoms with Crippen LogP contribution in [0, 0.1) is 0 Å². The molecular formula is C17H16Cl2N2O2S. The molecule has 1 unspecified atom stereocenters. The molecule has 0 bridgehead atoms. The second kappa shape index (κ2) is 8.42. The number of anilines is 2. The molecule has 2 aromatic rings. The van der Waals surface area contributed by atoms with E-state index in [-0.39, 0.29) is 17.1 Å². The summed E-state index contributed by atoms with van der Waals surface area (Å²) in [5.74, 6) is -0.326. The largest absolute Gasteiger partial charge is 0.326 e. The van der Waals surface area contributed by atoms with Gasteiger partial charge in [-0.25, -0.2) is 0 Å². The monoisotopic (exact) mass is 382 g/mol. The SMILES string of the molecule is CC(=O)Nc1cccc(SC(C)C(=O)Nc2cc(Cl)ccc2Cl)c1. The minimum atomic E-state index is -0.354. The lowest BCUT2D eigenvalue weighted by molar-refractivity contribution is -0.115. The van der Waals surface area contributed by atoms with Crippen LogP contribution in [-0.4, -0.2) is 17.1 Å². The topological polar surface area (TPSA) is 58.2 Å². The van der Waals surface area contributed by atoms with Crippen molar-refractivity contribution in [2.24, 2.45) is 0 Å². The van der Waals surface area contributed by atoms with Crippen LogP contribution in [0.1, 0.15) is 13.8 Å². The zero-order chi connectivity index (χ0) is 17.7. The molecule has 0 aliphatic carbocycles. The van der Waals surface area contributed by atoms with E-state index in [1.165, 1.54) is 18.7 Å². The Morgan fingerprint density at radius 2 is 1.83 bits per heavy atom. The van der Waals surface area contributed by atoms with Gasteiger partial charge in [-0.15, -0.1) is 11.8 Å². The van der Waals surface area contributed by atoms with E-state index in [4.69, 9.17) is 23.2 Å². The number of amides is 2. The van der Waals surface area contributed by atoms with Crippen LogP contribution in [0.4, 0.5) is 11.4 Å². The molecule has 0 fully saturated rings. The Bertz CT molecular complexity index is 768. The van der Waals surface area contributed by atoms with Crippen LogP contribution in [0.2, 0.25) is 10.0 Å². The number of halogens is 2.